The third-order valence-electron chi connectivity index (χ3n) is 3.52. The number of rotatable bonds is 3. The molecule has 2 heterocycles. The third-order valence-corrected chi connectivity index (χ3v) is 3.52. The molecule has 0 aliphatic carbocycles. The van der Waals surface area contributed by atoms with E-state index >= 15 is 0 Å². The summed E-state index contributed by atoms with van der Waals surface area (Å²) >= 11 is 0. The normalized spacial score (nSPS) is 12.2. The summed E-state index contributed by atoms with van der Waals surface area (Å²) in [6, 6.07) is 14.4. The van der Waals surface area contributed by atoms with Crippen molar-refractivity contribution in [2.45, 2.75) is 33.2 Å². The maximum atomic E-state index is 4.77. The summed E-state index contributed by atoms with van der Waals surface area (Å²) in [5, 5.41) is 3.59. The summed E-state index contributed by atoms with van der Waals surface area (Å²) in [5.74, 6) is 1.03. The van der Waals surface area contributed by atoms with Crippen LogP contribution in [-0.2, 0) is 0 Å². The molecular weight excluding hydrogens is 282 g/mol. The molecule has 3 rings (SSSR count). The summed E-state index contributed by atoms with van der Waals surface area (Å²) in [4.78, 5) is 4.77. The first-order valence-electron chi connectivity index (χ1n) is 7.92. The topological polar surface area (TPSA) is 29.3 Å². The van der Waals surface area contributed by atoms with E-state index in [-0.39, 0.29) is 5.54 Å². The molecule has 0 aliphatic rings. The number of benzene rings is 1. The number of pyridine rings is 1. The van der Waals surface area contributed by atoms with E-state index in [9.17, 15) is 0 Å². The van der Waals surface area contributed by atoms with Crippen LogP contribution >= 0.6 is 0 Å². The standard InChI is InChI=1S/C20H23N3/c1-15-10-13-18-21-17(12-11-16-8-6-5-7-9-16)19(23(18)14-15)22-20(2,3)4/h5-14,22H,1-4H3. The van der Waals surface area contributed by atoms with Gasteiger partial charge in [-0.05, 0) is 51.0 Å². The number of fused-ring (bicyclic) bond motifs is 1. The molecule has 0 radical (unpaired) electrons. The summed E-state index contributed by atoms with van der Waals surface area (Å²) < 4.78 is 2.13. The fourth-order valence-corrected chi connectivity index (χ4v) is 2.50. The van der Waals surface area contributed by atoms with Gasteiger partial charge < -0.3 is 5.32 Å². The van der Waals surface area contributed by atoms with Gasteiger partial charge in [0.2, 0.25) is 0 Å². The Kier molecular flexibility index (Phi) is 3.95. The van der Waals surface area contributed by atoms with Gasteiger partial charge in [-0.25, -0.2) is 4.98 Å². The highest BCUT2D eigenvalue weighted by Crippen LogP contribution is 2.24. The molecule has 3 aromatic rings. The zero-order valence-corrected chi connectivity index (χ0v) is 14.2. The highest BCUT2D eigenvalue weighted by atomic mass is 15.2. The van der Waals surface area contributed by atoms with Crippen molar-refractivity contribution < 1.29 is 0 Å². The van der Waals surface area contributed by atoms with Crippen LogP contribution in [0.15, 0.2) is 48.7 Å². The van der Waals surface area contributed by atoms with Crippen LogP contribution in [-0.4, -0.2) is 14.9 Å². The number of nitrogens with zero attached hydrogens (tertiary/aromatic N) is 2. The van der Waals surface area contributed by atoms with Gasteiger partial charge in [-0.1, -0.05) is 42.5 Å². The number of aryl methyl sites for hydroxylation is 1. The van der Waals surface area contributed by atoms with E-state index in [2.05, 4.69) is 80.0 Å². The quantitative estimate of drug-likeness (QED) is 0.736. The molecule has 1 aromatic carbocycles. The average Bonchev–Trinajstić information content (AvgIpc) is 2.82. The minimum Gasteiger partial charge on any atom is -0.365 e. The highest BCUT2D eigenvalue weighted by Gasteiger charge is 2.16. The Balaban J connectivity index is 2.08. The van der Waals surface area contributed by atoms with Gasteiger partial charge in [0, 0.05) is 11.7 Å². The van der Waals surface area contributed by atoms with E-state index in [4.69, 9.17) is 4.98 Å². The van der Waals surface area contributed by atoms with Gasteiger partial charge in [0.1, 0.15) is 17.2 Å². The Morgan fingerprint density at radius 3 is 2.43 bits per heavy atom. The first kappa shape index (κ1) is 15.3. The monoisotopic (exact) mass is 305 g/mol. The van der Waals surface area contributed by atoms with Crippen molar-refractivity contribution in [1.29, 1.82) is 0 Å². The fourth-order valence-electron chi connectivity index (χ4n) is 2.50. The van der Waals surface area contributed by atoms with E-state index in [0.717, 1.165) is 17.2 Å². The first-order valence-corrected chi connectivity index (χ1v) is 7.92. The predicted molar refractivity (Wildman–Crippen MR) is 98.7 cm³/mol. The van der Waals surface area contributed by atoms with E-state index < -0.39 is 0 Å². The van der Waals surface area contributed by atoms with Crippen molar-refractivity contribution in [3.8, 4) is 0 Å². The zero-order chi connectivity index (χ0) is 16.4. The van der Waals surface area contributed by atoms with Gasteiger partial charge in [0.25, 0.3) is 0 Å². The van der Waals surface area contributed by atoms with E-state index in [1.54, 1.807) is 0 Å². The summed E-state index contributed by atoms with van der Waals surface area (Å²) in [7, 11) is 0. The number of anilines is 1. The van der Waals surface area contributed by atoms with Gasteiger partial charge in [0.05, 0.1) is 0 Å². The Morgan fingerprint density at radius 2 is 1.74 bits per heavy atom. The Morgan fingerprint density at radius 1 is 1.00 bits per heavy atom. The minimum absolute atomic E-state index is 0.0327. The van der Waals surface area contributed by atoms with Gasteiger partial charge in [0.15, 0.2) is 0 Å². The molecule has 1 N–H and O–H groups in total. The SMILES string of the molecule is Cc1ccc2nc(C=Cc3ccccc3)c(NC(C)(C)C)n2c1. The van der Waals surface area contributed by atoms with Gasteiger partial charge in [-0.15, -0.1) is 0 Å². The third kappa shape index (κ3) is 3.62. The molecule has 0 fully saturated rings. The van der Waals surface area contributed by atoms with Crippen molar-refractivity contribution in [1.82, 2.24) is 9.38 Å². The average molecular weight is 305 g/mol. The van der Waals surface area contributed by atoms with Gasteiger partial charge in [-0.2, -0.15) is 0 Å². The van der Waals surface area contributed by atoms with Crippen LogP contribution in [0.25, 0.3) is 17.8 Å². The van der Waals surface area contributed by atoms with Crippen LogP contribution in [0, 0.1) is 6.92 Å². The molecule has 0 amide bonds. The Labute approximate surface area is 137 Å². The maximum Gasteiger partial charge on any atom is 0.139 e. The second kappa shape index (κ2) is 5.92. The van der Waals surface area contributed by atoms with Crippen LogP contribution in [0.3, 0.4) is 0 Å². The molecule has 2 aromatic heterocycles. The molecule has 0 aliphatic heterocycles. The predicted octanol–water partition coefficient (Wildman–Crippen LogP) is 5.02. The molecule has 0 bridgehead atoms. The lowest BCUT2D eigenvalue weighted by Crippen LogP contribution is -2.27. The highest BCUT2D eigenvalue weighted by molar-refractivity contribution is 5.76. The Bertz CT molecular complexity index is 836. The number of hydrogen-bond acceptors (Lipinski definition) is 2. The fraction of sp³-hybridized carbons (Fsp3) is 0.250. The molecule has 23 heavy (non-hydrogen) atoms. The summed E-state index contributed by atoms with van der Waals surface area (Å²) in [6.45, 7) is 8.58. The number of nitrogens with one attached hydrogen (secondary N) is 1. The number of hydrogen-bond donors (Lipinski definition) is 1. The van der Waals surface area contributed by atoms with Crippen molar-refractivity contribution in [2.24, 2.45) is 0 Å². The number of aromatic nitrogens is 2. The Hall–Kier alpha value is -2.55. The molecule has 0 unspecified atom stereocenters. The van der Waals surface area contributed by atoms with Crippen molar-refractivity contribution in [3.05, 3.63) is 65.5 Å². The van der Waals surface area contributed by atoms with Gasteiger partial charge in [-0.3, -0.25) is 4.40 Å². The van der Waals surface area contributed by atoms with Crippen LogP contribution in [0.5, 0.6) is 0 Å². The largest absolute Gasteiger partial charge is 0.365 e. The van der Waals surface area contributed by atoms with E-state index in [0.29, 0.717) is 0 Å². The zero-order valence-electron chi connectivity index (χ0n) is 14.2. The maximum absolute atomic E-state index is 4.77. The van der Waals surface area contributed by atoms with Crippen molar-refractivity contribution >= 4 is 23.6 Å². The summed E-state index contributed by atoms with van der Waals surface area (Å²) in [5.41, 5.74) is 4.26. The lowest BCUT2D eigenvalue weighted by Gasteiger charge is -2.22. The molecule has 3 nitrogen and oxygen atoms in total. The van der Waals surface area contributed by atoms with Crippen molar-refractivity contribution in [3.63, 3.8) is 0 Å². The first-order chi connectivity index (χ1) is 10.9. The molecule has 0 saturated carbocycles. The van der Waals surface area contributed by atoms with E-state index in [1.165, 1.54) is 11.1 Å². The van der Waals surface area contributed by atoms with Crippen LogP contribution < -0.4 is 5.32 Å². The molecule has 0 atom stereocenters. The van der Waals surface area contributed by atoms with Gasteiger partial charge >= 0.3 is 0 Å². The van der Waals surface area contributed by atoms with E-state index in [1.807, 2.05) is 18.2 Å². The van der Waals surface area contributed by atoms with Crippen LogP contribution in [0.4, 0.5) is 5.82 Å². The second-order valence-corrected chi connectivity index (χ2v) is 6.90. The lowest BCUT2D eigenvalue weighted by molar-refractivity contribution is 0.629. The molecular formula is C20H23N3. The molecule has 3 heteroatoms. The molecule has 0 spiro atoms. The smallest absolute Gasteiger partial charge is 0.139 e. The number of imidazole rings is 1. The minimum atomic E-state index is -0.0327. The van der Waals surface area contributed by atoms with Crippen LogP contribution in [0.1, 0.15) is 37.6 Å². The summed E-state index contributed by atoms with van der Waals surface area (Å²) in [6.07, 6.45) is 6.30. The van der Waals surface area contributed by atoms with Crippen molar-refractivity contribution in [2.75, 3.05) is 5.32 Å². The lowest BCUT2D eigenvalue weighted by atomic mass is 10.1. The molecule has 118 valence electrons. The molecule has 0 saturated heterocycles. The second-order valence-electron chi connectivity index (χ2n) is 6.90. The van der Waals surface area contributed by atoms with Crippen LogP contribution in [0.2, 0.25) is 0 Å².